The van der Waals surface area contributed by atoms with Gasteiger partial charge >= 0.3 is 0 Å². The first-order valence-corrected chi connectivity index (χ1v) is 5.34. The van der Waals surface area contributed by atoms with E-state index in [1.54, 1.807) is 0 Å². The molecule has 2 unspecified atom stereocenters. The van der Waals surface area contributed by atoms with Crippen LogP contribution in [0.2, 0.25) is 0 Å². The first kappa shape index (κ1) is 9.36. The molecule has 1 saturated heterocycles. The number of nitrogens with zero attached hydrogens (tertiary/aromatic N) is 2. The quantitative estimate of drug-likeness (QED) is 0.553. The van der Waals surface area contributed by atoms with Gasteiger partial charge in [-0.1, -0.05) is 11.9 Å². The summed E-state index contributed by atoms with van der Waals surface area (Å²) < 4.78 is 2.49. The van der Waals surface area contributed by atoms with Crippen molar-refractivity contribution >= 4 is 11.9 Å². The number of piperazine rings is 1. The van der Waals surface area contributed by atoms with Gasteiger partial charge in [-0.2, -0.15) is 0 Å². The Bertz CT molecular complexity index is 117. The van der Waals surface area contributed by atoms with Gasteiger partial charge in [0, 0.05) is 25.2 Å². The fourth-order valence-corrected chi connectivity index (χ4v) is 2.79. The van der Waals surface area contributed by atoms with E-state index in [9.17, 15) is 0 Å². The van der Waals surface area contributed by atoms with E-state index in [2.05, 4.69) is 36.4 Å². The molecule has 0 aromatic heterocycles. The maximum Gasteiger partial charge on any atom is 0.0305 e. The van der Waals surface area contributed by atoms with Crippen LogP contribution in [0.15, 0.2) is 0 Å². The Kier molecular flexibility index (Phi) is 3.22. The second kappa shape index (κ2) is 3.78. The SMILES string of the molecule is CSN1C(C)CN(C)CC1C. The van der Waals surface area contributed by atoms with Gasteiger partial charge in [-0.3, -0.25) is 0 Å². The van der Waals surface area contributed by atoms with E-state index in [0.717, 1.165) is 0 Å². The summed E-state index contributed by atoms with van der Waals surface area (Å²) in [5, 5.41) is 0. The summed E-state index contributed by atoms with van der Waals surface area (Å²) in [5.41, 5.74) is 0. The van der Waals surface area contributed by atoms with Gasteiger partial charge < -0.3 is 4.90 Å². The minimum absolute atomic E-state index is 0.693. The molecule has 1 aliphatic rings. The van der Waals surface area contributed by atoms with E-state index in [-0.39, 0.29) is 0 Å². The highest BCUT2D eigenvalue weighted by Crippen LogP contribution is 2.20. The van der Waals surface area contributed by atoms with Crippen LogP contribution in [0.4, 0.5) is 0 Å². The molecule has 2 atom stereocenters. The topological polar surface area (TPSA) is 6.48 Å². The summed E-state index contributed by atoms with van der Waals surface area (Å²) in [5.74, 6) is 0. The van der Waals surface area contributed by atoms with Crippen molar-refractivity contribution in [2.45, 2.75) is 25.9 Å². The van der Waals surface area contributed by atoms with Crippen LogP contribution in [0.1, 0.15) is 13.8 Å². The van der Waals surface area contributed by atoms with Crippen molar-refractivity contribution in [3.05, 3.63) is 0 Å². The molecule has 1 aliphatic heterocycles. The van der Waals surface area contributed by atoms with E-state index in [0.29, 0.717) is 12.1 Å². The van der Waals surface area contributed by atoms with Crippen molar-refractivity contribution in [2.75, 3.05) is 26.4 Å². The largest absolute Gasteiger partial charge is 0.303 e. The van der Waals surface area contributed by atoms with E-state index in [1.165, 1.54) is 13.1 Å². The third-order valence-corrected chi connectivity index (χ3v) is 3.37. The molecule has 0 saturated carbocycles. The highest BCUT2D eigenvalue weighted by molar-refractivity contribution is 7.96. The highest BCUT2D eigenvalue weighted by Gasteiger charge is 2.26. The lowest BCUT2D eigenvalue weighted by atomic mass is 10.2. The van der Waals surface area contributed by atoms with Crippen LogP contribution in [-0.4, -0.2) is 47.7 Å². The molecule has 0 aliphatic carbocycles. The highest BCUT2D eigenvalue weighted by atomic mass is 32.2. The second-order valence-electron chi connectivity index (χ2n) is 3.46. The Morgan fingerprint density at radius 3 is 2.00 bits per heavy atom. The van der Waals surface area contributed by atoms with Gasteiger partial charge in [0.15, 0.2) is 0 Å². The Labute approximate surface area is 74.1 Å². The lowest BCUT2D eigenvalue weighted by Crippen LogP contribution is -2.52. The second-order valence-corrected chi connectivity index (χ2v) is 4.25. The first-order chi connectivity index (χ1) is 5.15. The Balaban J connectivity index is 2.52. The zero-order chi connectivity index (χ0) is 8.43. The van der Waals surface area contributed by atoms with E-state index < -0.39 is 0 Å². The van der Waals surface area contributed by atoms with Crippen LogP contribution >= 0.6 is 11.9 Å². The molecule has 0 aromatic carbocycles. The minimum Gasteiger partial charge on any atom is -0.303 e. The monoisotopic (exact) mass is 174 g/mol. The average Bonchev–Trinajstić information content (AvgIpc) is 1.85. The minimum atomic E-state index is 0.693. The van der Waals surface area contributed by atoms with E-state index >= 15 is 0 Å². The maximum absolute atomic E-state index is 2.49. The molecule has 0 aromatic rings. The summed E-state index contributed by atoms with van der Waals surface area (Å²) >= 11 is 1.87. The van der Waals surface area contributed by atoms with Gasteiger partial charge in [0.1, 0.15) is 0 Å². The van der Waals surface area contributed by atoms with Crippen molar-refractivity contribution < 1.29 is 0 Å². The number of hydrogen-bond donors (Lipinski definition) is 0. The molecule has 11 heavy (non-hydrogen) atoms. The van der Waals surface area contributed by atoms with Crippen LogP contribution in [0.5, 0.6) is 0 Å². The van der Waals surface area contributed by atoms with E-state index in [4.69, 9.17) is 0 Å². The average molecular weight is 174 g/mol. The van der Waals surface area contributed by atoms with Crippen LogP contribution in [0.25, 0.3) is 0 Å². The van der Waals surface area contributed by atoms with Crippen molar-refractivity contribution in [3.8, 4) is 0 Å². The predicted octanol–water partition coefficient (Wildman–Crippen LogP) is 1.29. The van der Waals surface area contributed by atoms with Gasteiger partial charge in [0.2, 0.25) is 0 Å². The van der Waals surface area contributed by atoms with Crippen LogP contribution in [0, 0.1) is 0 Å². The molecule has 2 nitrogen and oxygen atoms in total. The zero-order valence-electron chi connectivity index (χ0n) is 7.87. The lowest BCUT2D eigenvalue weighted by molar-refractivity contribution is 0.134. The summed E-state index contributed by atoms with van der Waals surface area (Å²) in [6, 6.07) is 1.39. The van der Waals surface area contributed by atoms with Crippen molar-refractivity contribution in [1.82, 2.24) is 9.21 Å². The molecule has 66 valence electrons. The van der Waals surface area contributed by atoms with Crippen LogP contribution < -0.4 is 0 Å². The number of hydrogen-bond acceptors (Lipinski definition) is 3. The van der Waals surface area contributed by atoms with E-state index in [1.807, 2.05) is 11.9 Å². The summed E-state index contributed by atoms with van der Waals surface area (Å²) in [7, 11) is 2.20. The molecule has 0 N–H and O–H groups in total. The van der Waals surface area contributed by atoms with Gasteiger partial charge in [-0.25, -0.2) is 4.31 Å². The molecule has 0 radical (unpaired) electrons. The van der Waals surface area contributed by atoms with Gasteiger partial charge in [-0.15, -0.1) is 0 Å². The molecular weight excluding hydrogens is 156 g/mol. The normalized spacial score (nSPS) is 36.0. The molecule has 0 amide bonds. The Hall–Kier alpha value is 0.270. The van der Waals surface area contributed by atoms with Crippen molar-refractivity contribution in [3.63, 3.8) is 0 Å². The van der Waals surface area contributed by atoms with Crippen molar-refractivity contribution in [2.24, 2.45) is 0 Å². The van der Waals surface area contributed by atoms with Gasteiger partial charge in [-0.05, 0) is 27.2 Å². The van der Waals surface area contributed by atoms with Crippen LogP contribution in [0.3, 0.4) is 0 Å². The van der Waals surface area contributed by atoms with Crippen molar-refractivity contribution in [1.29, 1.82) is 0 Å². The molecule has 1 fully saturated rings. The fraction of sp³-hybridized carbons (Fsp3) is 1.00. The molecule has 1 heterocycles. The molecule has 3 heteroatoms. The summed E-state index contributed by atoms with van der Waals surface area (Å²) in [6.07, 6.45) is 2.16. The molecule has 0 spiro atoms. The third kappa shape index (κ3) is 2.10. The first-order valence-electron chi connectivity index (χ1n) is 4.16. The van der Waals surface area contributed by atoms with Gasteiger partial charge in [0.25, 0.3) is 0 Å². The third-order valence-electron chi connectivity index (χ3n) is 2.23. The fourth-order valence-electron chi connectivity index (χ4n) is 1.93. The molecular formula is C8H18N2S. The zero-order valence-corrected chi connectivity index (χ0v) is 8.69. The number of likely N-dealkylation sites (N-methyl/N-ethyl adjacent to an activating group) is 1. The standard InChI is InChI=1S/C8H18N2S/c1-7-5-9(3)6-8(2)10(7)11-4/h7-8H,5-6H2,1-4H3. The molecule has 1 rings (SSSR count). The predicted molar refractivity (Wildman–Crippen MR) is 51.8 cm³/mol. The Morgan fingerprint density at radius 1 is 1.18 bits per heavy atom. The number of rotatable bonds is 1. The summed E-state index contributed by atoms with van der Waals surface area (Å²) in [6.45, 7) is 6.99. The summed E-state index contributed by atoms with van der Waals surface area (Å²) in [4.78, 5) is 2.40. The van der Waals surface area contributed by atoms with Gasteiger partial charge in [0.05, 0.1) is 0 Å². The Morgan fingerprint density at radius 2 is 1.64 bits per heavy atom. The smallest absolute Gasteiger partial charge is 0.0305 e. The lowest BCUT2D eigenvalue weighted by Gasteiger charge is -2.41. The molecule has 0 bridgehead atoms. The maximum atomic E-state index is 2.49. The van der Waals surface area contributed by atoms with Crippen LogP contribution in [-0.2, 0) is 0 Å².